The molecule has 0 saturated carbocycles. The van der Waals surface area contributed by atoms with Crippen molar-refractivity contribution in [2.75, 3.05) is 11.9 Å². The smallest absolute Gasteiger partial charge is 0.268 e. The number of rotatable bonds is 6. The van der Waals surface area contributed by atoms with Crippen molar-refractivity contribution in [1.82, 2.24) is 10.1 Å². The maximum absolute atomic E-state index is 12.2. The Morgan fingerprint density at radius 3 is 2.71 bits per heavy atom. The van der Waals surface area contributed by atoms with E-state index in [1.54, 1.807) is 30.3 Å². The second-order valence-corrected chi connectivity index (χ2v) is 7.12. The predicted octanol–water partition coefficient (Wildman–Crippen LogP) is 5.14. The third-order valence-corrected chi connectivity index (χ3v) is 4.88. The summed E-state index contributed by atoms with van der Waals surface area (Å²) in [6.45, 7) is -0.157. The molecule has 6 nitrogen and oxygen atoms in total. The summed E-state index contributed by atoms with van der Waals surface area (Å²) >= 11 is 7.36. The van der Waals surface area contributed by atoms with E-state index in [9.17, 15) is 4.79 Å². The van der Waals surface area contributed by atoms with Gasteiger partial charge in [-0.05, 0) is 47.8 Å². The lowest BCUT2D eigenvalue weighted by molar-refractivity contribution is -0.118. The topological polar surface area (TPSA) is 77.2 Å². The summed E-state index contributed by atoms with van der Waals surface area (Å²) in [4.78, 5) is 17.5. The minimum Gasteiger partial charge on any atom is -0.483 e. The van der Waals surface area contributed by atoms with Crippen molar-refractivity contribution in [3.8, 4) is 27.9 Å². The van der Waals surface area contributed by atoms with Crippen LogP contribution in [0.25, 0.3) is 22.2 Å². The third kappa shape index (κ3) is 4.21. The van der Waals surface area contributed by atoms with Gasteiger partial charge in [-0.3, -0.25) is 4.79 Å². The van der Waals surface area contributed by atoms with Crippen LogP contribution in [0.15, 0.2) is 70.6 Å². The Hall–Kier alpha value is -3.16. The van der Waals surface area contributed by atoms with Crippen LogP contribution in [-0.4, -0.2) is 22.7 Å². The van der Waals surface area contributed by atoms with E-state index in [-0.39, 0.29) is 12.5 Å². The molecule has 0 atom stereocenters. The highest BCUT2D eigenvalue weighted by atomic mass is 35.5. The average molecular weight is 412 g/mol. The monoisotopic (exact) mass is 411 g/mol. The highest BCUT2D eigenvalue weighted by Gasteiger charge is 2.15. The molecule has 0 radical (unpaired) electrons. The molecular weight excluding hydrogens is 398 g/mol. The number of anilines is 1. The summed E-state index contributed by atoms with van der Waals surface area (Å²) in [6, 6.07) is 17.9. The van der Waals surface area contributed by atoms with E-state index in [1.165, 1.54) is 11.3 Å². The predicted molar refractivity (Wildman–Crippen MR) is 109 cm³/mol. The molecule has 0 fully saturated rings. The first-order valence-corrected chi connectivity index (χ1v) is 9.60. The Bertz CT molecular complexity index is 1080. The van der Waals surface area contributed by atoms with Crippen LogP contribution in [0.1, 0.15) is 0 Å². The zero-order valence-corrected chi connectivity index (χ0v) is 16.0. The van der Waals surface area contributed by atoms with Gasteiger partial charge in [0, 0.05) is 10.7 Å². The van der Waals surface area contributed by atoms with E-state index in [0.29, 0.717) is 33.7 Å². The van der Waals surface area contributed by atoms with Gasteiger partial charge >= 0.3 is 0 Å². The number of aromatic nitrogens is 2. The molecule has 2 aromatic carbocycles. The summed E-state index contributed by atoms with van der Waals surface area (Å²) in [7, 11) is 0. The van der Waals surface area contributed by atoms with Gasteiger partial charge in [-0.15, -0.1) is 11.3 Å². The van der Waals surface area contributed by atoms with Crippen molar-refractivity contribution in [2.45, 2.75) is 0 Å². The van der Waals surface area contributed by atoms with Gasteiger partial charge < -0.3 is 14.6 Å². The van der Waals surface area contributed by atoms with Gasteiger partial charge in [0.05, 0.1) is 10.4 Å². The van der Waals surface area contributed by atoms with Gasteiger partial charge in [-0.25, -0.2) is 0 Å². The first-order valence-electron chi connectivity index (χ1n) is 8.34. The number of ether oxygens (including phenoxy) is 1. The number of carbonyl (C=O) groups excluding carboxylic acids is 1. The number of nitrogens with zero attached hydrogens (tertiary/aromatic N) is 2. The summed E-state index contributed by atoms with van der Waals surface area (Å²) in [5.74, 6) is 1.05. The number of benzene rings is 2. The maximum Gasteiger partial charge on any atom is 0.268 e. The summed E-state index contributed by atoms with van der Waals surface area (Å²) in [6.07, 6.45) is 0. The number of hydrogen-bond donors (Lipinski definition) is 1. The molecule has 28 heavy (non-hydrogen) atoms. The molecule has 1 N–H and O–H groups in total. The van der Waals surface area contributed by atoms with Crippen molar-refractivity contribution in [2.24, 2.45) is 0 Å². The number of nitrogens with one attached hydrogen (secondary N) is 1. The minimum absolute atomic E-state index is 0.157. The molecule has 0 aliphatic heterocycles. The number of para-hydroxylation sites is 1. The number of halogens is 1. The lowest BCUT2D eigenvalue weighted by atomic mass is 10.2. The minimum atomic E-state index is -0.287. The van der Waals surface area contributed by atoms with Crippen LogP contribution < -0.4 is 10.1 Å². The van der Waals surface area contributed by atoms with Crippen LogP contribution in [-0.2, 0) is 4.79 Å². The van der Waals surface area contributed by atoms with Gasteiger partial charge in [-0.2, -0.15) is 4.98 Å². The second-order valence-electron chi connectivity index (χ2n) is 5.74. The number of thiophene rings is 1. The summed E-state index contributed by atoms with van der Waals surface area (Å²) in [5, 5.41) is 9.33. The largest absolute Gasteiger partial charge is 0.483 e. The standard InChI is InChI=1S/C20H14ClN3O3S/c21-13-7-9-14(10-8-13)22-18(25)12-26-16-5-2-1-4-15(16)19-23-20(27-24-19)17-6-3-11-28-17/h1-11H,12H2,(H,22,25). The highest BCUT2D eigenvalue weighted by molar-refractivity contribution is 7.13. The zero-order valence-electron chi connectivity index (χ0n) is 14.5. The summed E-state index contributed by atoms with van der Waals surface area (Å²) in [5.41, 5.74) is 1.29. The molecule has 2 heterocycles. The van der Waals surface area contributed by atoms with E-state index < -0.39 is 0 Å². The zero-order chi connectivity index (χ0) is 19.3. The Balaban J connectivity index is 1.46. The molecule has 2 aromatic heterocycles. The molecule has 0 aliphatic rings. The molecule has 140 valence electrons. The van der Waals surface area contributed by atoms with Crippen molar-refractivity contribution in [3.63, 3.8) is 0 Å². The van der Waals surface area contributed by atoms with Gasteiger partial charge in [0.2, 0.25) is 5.82 Å². The molecule has 8 heteroatoms. The van der Waals surface area contributed by atoms with Crippen molar-refractivity contribution >= 4 is 34.5 Å². The van der Waals surface area contributed by atoms with Crippen LogP contribution in [0, 0.1) is 0 Å². The van der Waals surface area contributed by atoms with Gasteiger partial charge in [0.25, 0.3) is 11.8 Å². The van der Waals surface area contributed by atoms with Crippen LogP contribution >= 0.6 is 22.9 Å². The molecule has 0 bridgehead atoms. The molecule has 1 amide bonds. The van der Waals surface area contributed by atoms with Crippen molar-refractivity contribution in [3.05, 3.63) is 71.1 Å². The first-order chi connectivity index (χ1) is 13.7. The van der Waals surface area contributed by atoms with Crippen LogP contribution in [0.4, 0.5) is 5.69 Å². The lowest BCUT2D eigenvalue weighted by Crippen LogP contribution is -2.20. The third-order valence-electron chi connectivity index (χ3n) is 3.77. The van der Waals surface area contributed by atoms with Crippen molar-refractivity contribution in [1.29, 1.82) is 0 Å². The molecular formula is C20H14ClN3O3S. The van der Waals surface area contributed by atoms with E-state index in [0.717, 1.165) is 4.88 Å². The van der Waals surface area contributed by atoms with Crippen LogP contribution in [0.2, 0.25) is 5.02 Å². The fraction of sp³-hybridized carbons (Fsp3) is 0.0500. The molecule has 4 aromatic rings. The molecule has 0 aliphatic carbocycles. The SMILES string of the molecule is O=C(COc1ccccc1-c1noc(-c2cccs2)n1)Nc1ccc(Cl)cc1. The van der Waals surface area contributed by atoms with E-state index in [1.807, 2.05) is 35.7 Å². The Kier molecular flexibility index (Phi) is 5.36. The number of amides is 1. The number of hydrogen-bond acceptors (Lipinski definition) is 6. The van der Waals surface area contributed by atoms with Gasteiger partial charge in [0.15, 0.2) is 6.61 Å². The maximum atomic E-state index is 12.2. The van der Waals surface area contributed by atoms with Crippen molar-refractivity contribution < 1.29 is 14.1 Å². The van der Waals surface area contributed by atoms with Gasteiger partial charge in [0.1, 0.15) is 5.75 Å². The Labute approximate surface area is 169 Å². The van der Waals surface area contributed by atoms with Gasteiger partial charge in [-0.1, -0.05) is 35.0 Å². The first kappa shape index (κ1) is 18.2. The number of carbonyl (C=O) groups is 1. The molecule has 0 saturated heterocycles. The molecule has 0 unspecified atom stereocenters. The highest BCUT2D eigenvalue weighted by Crippen LogP contribution is 2.30. The summed E-state index contributed by atoms with van der Waals surface area (Å²) < 4.78 is 11.0. The molecule has 4 rings (SSSR count). The average Bonchev–Trinajstić information content (AvgIpc) is 3.40. The second kappa shape index (κ2) is 8.24. The van der Waals surface area contributed by atoms with E-state index >= 15 is 0 Å². The fourth-order valence-corrected chi connectivity index (χ4v) is 3.25. The van der Waals surface area contributed by atoms with Crippen LogP contribution in [0.5, 0.6) is 5.75 Å². The normalized spacial score (nSPS) is 10.6. The van der Waals surface area contributed by atoms with E-state index in [4.69, 9.17) is 20.9 Å². The lowest BCUT2D eigenvalue weighted by Gasteiger charge is -2.10. The molecule has 0 spiro atoms. The quantitative estimate of drug-likeness (QED) is 0.475. The fourth-order valence-electron chi connectivity index (χ4n) is 2.48. The van der Waals surface area contributed by atoms with E-state index in [2.05, 4.69) is 15.5 Å². The Morgan fingerprint density at radius 2 is 1.93 bits per heavy atom. The van der Waals surface area contributed by atoms with Crippen LogP contribution in [0.3, 0.4) is 0 Å². The Morgan fingerprint density at radius 1 is 1.11 bits per heavy atom.